The number of carbonyl (C=O) groups excluding carboxylic acids is 1. The molecule has 3 heteroatoms. The van der Waals surface area contributed by atoms with E-state index < -0.39 is 5.60 Å². The third kappa shape index (κ3) is 3.66. The summed E-state index contributed by atoms with van der Waals surface area (Å²) in [6, 6.07) is 7.23. The molecule has 1 aromatic rings. The van der Waals surface area contributed by atoms with Gasteiger partial charge in [0.25, 0.3) is 0 Å². The summed E-state index contributed by atoms with van der Waals surface area (Å²) in [5.74, 6) is -0.349. The van der Waals surface area contributed by atoms with Crippen molar-refractivity contribution in [2.75, 3.05) is 6.61 Å². The van der Waals surface area contributed by atoms with Gasteiger partial charge >= 0.3 is 5.97 Å². The lowest BCUT2D eigenvalue weighted by atomic mass is 10.1. The lowest BCUT2D eigenvalue weighted by Crippen LogP contribution is -2.29. The predicted molar refractivity (Wildman–Crippen MR) is 62.4 cm³/mol. The highest BCUT2D eigenvalue weighted by molar-refractivity contribution is 5.89. The van der Waals surface area contributed by atoms with Crippen molar-refractivity contribution in [1.29, 1.82) is 0 Å². The summed E-state index contributed by atoms with van der Waals surface area (Å²) in [5.41, 5.74) is 1.01. The molecule has 0 aliphatic rings. The minimum atomic E-state index is -0.628. The summed E-state index contributed by atoms with van der Waals surface area (Å²) in [4.78, 5) is 11.7. The van der Waals surface area contributed by atoms with Crippen LogP contribution in [-0.2, 0) is 4.74 Å². The molecule has 1 aromatic carbocycles. The zero-order valence-electron chi connectivity index (χ0n) is 9.99. The highest BCUT2D eigenvalue weighted by atomic mass is 16.6. The molecule has 0 atom stereocenters. The fraction of sp³-hybridized carbons (Fsp3) is 0.462. The molecule has 0 saturated carbocycles. The second kappa shape index (κ2) is 5.12. The second-order valence-electron chi connectivity index (χ2n) is 4.49. The van der Waals surface area contributed by atoms with Crippen LogP contribution in [0.1, 0.15) is 36.2 Å². The van der Waals surface area contributed by atoms with Crippen LogP contribution >= 0.6 is 0 Å². The van der Waals surface area contributed by atoms with Crippen LogP contribution in [0.25, 0.3) is 0 Å². The standard InChI is InChI=1S/C13H18O3/c1-10-4-6-11(7-5-10)12(15)16-13(2,3)8-9-14/h4-7,14H,8-9H2,1-3H3. The van der Waals surface area contributed by atoms with Crippen LogP contribution in [0.5, 0.6) is 0 Å². The highest BCUT2D eigenvalue weighted by Gasteiger charge is 2.22. The number of carbonyl (C=O) groups is 1. The van der Waals surface area contributed by atoms with Gasteiger partial charge in [-0.25, -0.2) is 4.79 Å². The molecular weight excluding hydrogens is 204 g/mol. The summed E-state index contributed by atoms with van der Waals surface area (Å²) in [6.45, 7) is 5.55. The molecule has 0 aliphatic carbocycles. The lowest BCUT2D eigenvalue weighted by molar-refractivity contribution is -0.0106. The Balaban J connectivity index is 2.69. The fourth-order valence-electron chi connectivity index (χ4n) is 1.32. The van der Waals surface area contributed by atoms with Crippen molar-refractivity contribution in [3.63, 3.8) is 0 Å². The summed E-state index contributed by atoms with van der Waals surface area (Å²) in [6.07, 6.45) is 0.435. The second-order valence-corrected chi connectivity index (χ2v) is 4.49. The molecule has 0 fully saturated rings. The van der Waals surface area contributed by atoms with Gasteiger partial charge < -0.3 is 9.84 Å². The van der Waals surface area contributed by atoms with Gasteiger partial charge in [-0.1, -0.05) is 17.7 Å². The molecule has 0 unspecified atom stereocenters. The Labute approximate surface area is 96.1 Å². The lowest BCUT2D eigenvalue weighted by Gasteiger charge is -2.24. The number of rotatable bonds is 4. The van der Waals surface area contributed by atoms with Gasteiger partial charge in [0.1, 0.15) is 5.60 Å². The number of benzene rings is 1. The first kappa shape index (κ1) is 12.7. The van der Waals surface area contributed by atoms with E-state index in [9.17, 15) is 4.79 Å². The highest BCUT2D eigenvalue weighted by Crippen LogP contribution is 2.16. The molecule has 0 heterocycles. The maximum Gasteiger partial charge on any atom is 0.338 e. The van der Waals surface area contributed by atoms with Crippen molar-refractivity contribution >= 4 is 5.97 Å². The normalized spacial score (nSPS) is 11.2. The molecular formula is C13H18O3. The van der Waals surface area contributed by atoms with Gasteiger partial charge in [0, 0.05) is 13.0 Å². The monoisotopic (exact) mass is 222 g/mol. The van der Waals surface area contributed by atoms with Crippen LogP contribution in [0.15, 0.2) is 24.3 Å². The van der Waals surface area contributed by atoms with Crippen molar-refractivity contribution in [1.82, 2.24) is 0 Å². The SMILES string of the molecule is Cc1ccc(C(=O)OC(C)(C)CCO)cc1. The zero-order valence-corrected chi connectivity index (χ0v) is 9.99. The molecule has 0 radical (unpaired) electrons. The van der Waals surface area contributed by atoms with Crippen LogP contribution < -0.4 is 0 Å². The third-order valence-corrected chi connectivity index (χ3v) is 2.37. The number of aryl methyl sites for hydroxylation is 1. The van der Waals surface area contributed by atoms with Crippen molar-refractivity contribution in [3.05, 3.63) is 35.4 Å². The van der Waals surface area contributed by atoms with Crippen LogP contribution in [0.4, 0.5) is 0 Å². The van der Waals surface area contributed by atoms with Gasteiger partial charge in [-0.3, -0.25) is 0 Å². The summed E-state index contributed by atoms with van der Waals surface area (Å²) in [7, 11) is 0. The first-order chi connectivity index (χ1) is 7.44. The Morgan fingerprint density at radius 2 is 1.88 bits per heavy atom. The maximum absolute atomic E-state index is 11.7. The van der Waals surface area contributed by atoms with Crippen LogP contribution in [0, 0.1) is 6.92 Å². The van der Waals surface area contributed by atoms with Crippen molar-refractivity contribution in [2.24, 2.45) is 0 Å². The van der Waals surface area contributed by atoms with Gasteiger partial charge in [-0.2, -0.15) is 0 Å². The van der Waals surface area contributed by atoms with Crippen LogP contribution in [-0.4, -0.2) is 23.3 Å². The first-order valence-corrected chi connectivity index (χ1v) is 5.35. The Hall–Kier alpha value is -1.35. The minimum absolute atomic E-state index is 0.00811. The molecule has 16 heavy (non-hydrogen) atoms. The van der Waals surface area contributed by atoms with Crippen molar-refractivity contribution in [2.45, 2.75) is 32.8 Å². The summed E-state index contributed by atoms with van der Waals surface area (Å²) in [5, 5.41) is 8.83. The molecule has 0 aliphatic heterocycles. The average Bonchev–Trinajstić information content (AvgIpc) is 2.17. The van der Waals surface area contributed by atoms with E-state index in [2.05, 4.69) is 0 Å². The number of aliphatic hydroxyl groups excluding tert-OH is 1. The van der Waals surface area contributed by atoms with Crippen LogP contribution in [0.2, 0.25) is 0 Å². The van der Waals surface area contributed by atoms with Gasteiger partial charge in [0.15, 0.2) is 0 Å². The van der Waals surface area contributed by atoms with Gasteiger partial charge in [-0.15, -0.1) is 0 Å². The molecule has 1 rings (SSSR count). The van der Waals surface area contributed by atoms with E-state index in [0.717, 1.165) is 5.56 Å². The van der Waals surface area contributed by atoms with E-state index >= 15 is 0 Å². The van der Waals surface area contributed by atoms with E-state index in [0.29, 0.717) is 12.0 Å². The van der Waals surface area contributed by atoms with E-state index in [-0.39, 0.29) is 12.6 Å². The molecule has 0 bridgehead atoms. The Bertz CT molecular complexity index is 352. The third-order valence-electron chi connectivity index (χ3n) is 2.37. The quantitative estimate of drug-likeness (QED) is 0.795. The molecule has 0 spiro atoms. The van der Waals surface area contributed by atoms with Gasteiger partial charge in [-0.05, 0) is 32.9 Å². The Morgan fingerprint density at radius 1 is 1.31 bits per heavy atom. The van der Waals surface area contributed by atoms with Gasteiger partial charge in [0.2, 0.25) is 0 Å². The number of ether oxygens (including phenoxy) is 1. The Kier molecular flexibility index (Phi) is 4.07. The number of hydrogen-bond acceptors (Lipinski definition) is 3. The fourth-order valence-corrected chi connectivity index (χ4v) is 1.32. The molecule has 0 amide bonds. The zero-order chi connectivity index (χ0) is 12.2. The van der Waals surface area contributed by atoms with Crippen molar-refractivity contribution in [3.8, 4) is 0 Å². The smallest absolute Gasteiger partial charge is 0.338 e. The van der Waals surface area contributed by atoms with Crippen LogP contribution in [0.3, 0.4) is 0 Å². The topological polar surface area (TPSA) is 46.5 Å². The molecule has 88 valence electrons. The molecule has 1 N–H and O–H groups in total. The van der Waals surface area contributed by atoms with Crippen molar-refractivity contribution < 1.29 is 14.6 Å². The minimum Gasteiger partial charge on any atom is -0.456 e. The Morgan fingerprint density at radius 3 is 2.38 bits per heavy atom. The maximum atomic E-state index is 11.7. The average molecular weight is 222 g/mol. The van der Waals surface area contributed by atoms with E-state index in [4.69, 9.17) is 9.84 Å². The number of aliphatic hydroxyl groups is 1. The van der Waals surface area contributed by atoms with E-state index in [1.54, 1.807) is 26.0 Å². The molecule has 0 saturated heterocycles. The first-order valence-electron chi connectivity index (χ1n) is 5.35. The summed E-state index contributed by atoms with van der Waals surface area (Å²) >= 11 is 0. The molecule has 0 aromatic heterocycles. The number of esters is 1. The van der Waals surface area contributed by atoms with Gasteiger partial charge in [0.05, 0.1) is 5.56 Å². The molecule has 3 nitrogen and oxygen atoms in total. The van der Waals surface area contributed by atoms with E-state index in [1.807, 2.05) is 19.1 Å². The largest absolute Gasteiger partial charge is 0.456 e. The predicted octanol–water partition coefficient (Wildman–Crippen LogP) is 2.31. The number of hydrogen-bond donors (Lipinski definition) is 1. The van der Waals surface area contributed by atoms with E-state index in [1.165, 1.54) is 0 Å². The summed E-state index contributed by atoms with van der Waals surface area (Å²) < 4.78 is 5.31.